The molecule has 2 heterocycles. The first-order chi connectivity index (χ1) is 9.44. The number of rotatable bonds is 5. The van der Waals surface area contributed by atoms with Crippen molar-refractivity contribution in [3.63, 3.8) is 0 Å². The maximum absolute atomic E-state index is 12.1. The van der Waals surface area contributed by atoms with Crippen molar-refractivity contribution < 1.29 is 13.2 Å². The van der Waals surface area contributed by atoms with Gasteiger partial charge >= 0.3 is 0 Å². The first kappa shape index (κ1) is 15.0. The largest absolute Gasteiger partial charge is 0.341 e. The van der Waals surface area contributed by atoms with Crippen LogP contribution in [0.2, 0.25) is 0 Å². The van der Waals surface area contributed by atoms with E-state index in [1.165, 1.54) is 6.20 Å². The standard InChI is InChI=1S/C12H20N4O3S/c1-3-10-13-8-11(14-10)20(18,19)15-9(2)12(17)16-6-4-5-7-16/h8-9,15H,3-7H2,1-2H3,(H,13,14). The first-order valence-corrected chi connectivity index (χ1v) is 8.27. The number of hydrogen-bond donors (Lipinski definition) is 2. The lowest BCUT2D eigenvalue weighted by Gasteiger charge is -2.20. The molecule has 7 nitrogen and oxygen atoms in total. The lowest BCUT2D eigenvalue weighted by Crippen LogP contribution is -2.45. The molecule has 1 atom stereocenters. The molecule has 0 aliphatic carbocycles. The van der Waals surface area contributed by atoms with Crippen LogP contribution in [-0.4, -0.2) is 48.3 Å². The summed E-state index contributed by atoms with van der Waals surface area (Å²) in [7, 11) is -3.74. The summed E-state index contributed by atoms with van der Waals surface area (Å²) < 4.78 is 26.7. The number of aryl methyl sites for hydroxylation is 1. The highest BCUT2D eigenvalue weighted by Gasteiger charge is 2.28. The van der Waals surface area contributed by atoms with Crippen LogP contribution in [0.15, 0.2) is 11.2 Å². The Balaban J connectivity index is 2.05. The minimum atomic E-state index is -3.74. The number of carbonyl (C=O) groups is 1. The van der Waals surface area contributed by atoms with Crippen LogP contribution < -0.4 is 4.72 Å². The molecule has 1 saturated heterocycles. The van der Waals surface area contributed by atoms with Crippen LogP contribution in [0.1, 0.15) is 32.5 Å². The summed E-state index contributed by atoms with van der Waals surface area (Å²) in [6, 6.07) is -0.772. The normalized spacial score (nSPS) is 17.4. The minimum absolute atomic E-state index is 0.00424. The van der Waals surface area contributed by atoms with Crippen molar-refractivity contribution in [2.24, 2.45) is 0 Å². The smallest absolute Gasteiger partial charge is 0.258 e. The van der Waals surface area contributed by atoms with Gasteiger partial charge in [0.25, 0.3) is 10.0 Å². The highest BCUT2D eigenvalue weighted by atomic mass is 32.2. The van der Waals surface area contributed by atoms with E-state index in [1.54, 1.807) is 11.8 Å². The van der Waals surface area contributed by atoms with Gasteiger partial charge in [0, 0.05) is 19.5 Å². The van der Waals surface area contributed by atoms with Crippen LogP contribution in [0.25, 0.3) is 0 Å². The molecule has 1 aromatic rings. The van der Waals surface area contributed by atoms with Crippen molar-refractivity contribution in [1.29, 1.82) is 0 Å². The fraction of sp³-hybridized carbons (Fsp3) is 0.667. The van der Waals surface area contributed by atoms with Gasteiger partial charge < -0.3 is 9.88 Å². The molecule has 20 heavy (non-hydrogen) atoms. The number of aromatic nitrogens is 2. The SMILES string of the molecule is CCc1ncc(S(=O)(=O)NC(C)C(=O)N2CCCC2)[nH]1. The van der Waals surface area contributed by atoms with Crippen molar-refractivity contribution in [1.82, 2.24) is 19.6 Å². The monoisotopic (exact) mass is 300 g/mol. The van der Waals surface area contributed by atoms with E-state index in [1.807, 2.05) is 6.92 Å². The zero-order valence-corrected chi connectivity index (χ0v) is 12.5. The Morgan fingerprint density at radius 2 is 2.15 bits per heavy atom. The van der Waals surface area contributed by atoms with Gasteiger partial charge in [-0.15, -0.1) is 0 Å². The molecule has 1 aliphatic heterocycles. The Morgan fingerprint density at radius 1 is 1.50 bits per heavy atom. The number of nitrogens with one attached hydrogen (secondary N) is 2. The lowest BCUT2D eigenvalue weighted by molar-refractivity contribution is -0.131. The van der Waals surface area contributed by atoms with E-state index in [4.69, 9.17) is 0 Å². The van der Waals surface area contributed by atoms with Gasteiger partial charge in [-0.25, -0.2) is 13.4 Å². The van der Waals surface area contributed by atoms with Gasteiger partial charge in [-0.1, -0.05) is 6.92 Å². The summed E-state index contributed by atoms with van der Waals surface area (Å²) in [6.07, 6.45) is 3.85. The average molecular weight is 300 g/mol. The first-order valence-electron chi connectivity index (χ1n) is 6.79. The number of carbonyl (C=O) groups excluding carboxylic acids is 1. The van der Waals surface area contributed by atoms with E-state index in [-0.39, 0.29) is 10.9 Å². The molecule has 1 unspecified atom stereocenters. The Morgan fingerprint density at radius 3 is 2.70 bits per heavy atom. The highest BCUT2D eigenvalue weighted by Crippen LogP contribution is 2.11. The van der Waals surface area contributed by atoms with Crippen molar-refractivity contribution in [2.45, 2.75) is 44.2 Å². The number of sulfonamides is 1. The maximum atomic E-state index is 12.1. The second-order valence-corrected chi connectivity index (χ2v) is 6.61. The summed E-state index contributed by atoms with van der Waals surface area (Å²) >= 11 is 0. The zero-order chi connectivity index (χ0) is 14.8. The molecule has 1 aromatic heterocycles. The van der Waals surface area contributed by atoms with Crippen LogP contribution in [0.3, 0.4) is 0 Å². The van der Waals surface area contributed by atoms with Crippen LogP contribution in [-0.2, 0) is 21.2 Å². The molecule has 1 fully saturated rings. The molecule has 0 saturated carbocycles. The van der Waals surface area contributed by atoms with Crippen molar-refractivity contribution in [3.8, 4) is 0 Å². The number of hydrogen-bond acceptors (Lipinski definition) is 4. The Bertz CT molecular complexity index is 575. The molecule has 8 heteroatoms. The van der Waals surface area contributed by atoms with E-state index in [0.29, 0.717) is 25.3 Å². The van der Waals surface area contributed by atoms with Gasteiger partial charge in [-0.2, -0.15) is 4.72 Å². The summed E-state index contributed by atoms with van der Waals surface area (Å²) in [5, 5.41) is -0.00424. The van der Waals surface area contributed by atoms with Crippen LogP contribution >= 0.6 is 0 Å². The van der Waals surface area contributed by atoms with Crippen molar-refractivity contribution in [3.05, 3.63) is 12.0 Å². The van der Waals surface area contributed by atoms with Gasteiger partial charge in [0.2, 0.25) is 5.91 Å². The molecule has 0 aromatic carbocycles. The third-order valence-electron chi connectivity index (χ3n) is 3.35. The predicted octanol–water partition coefficient (Wildman–Crippen LogP) is 0.261. The fourth-order valence-electron chi connectivity index (χ4n) is 2.22. The number of aromatic amines is 1. The van der Waals surface area contributed by atoms with Crippen LogP contribution in [0, 0.1) is 0 Å². The van der Waals surface area contributed by atoms with Crippen LogP contribution in [0.5, 0.6) is 0 Å². The van der Waals surface area contributed by atoms with E-state index in [9.17, 15) is 13.2 Å². The molecule has 2 rings (SSSR count). The van der Waals surface area contributed by atoms with Crippen LogP contribution in [0.4, 0.5) is 0 Å². The Labute approximate surface area is 118 Å². The van der Waals surface area contributed by atoms with Gasteiger partial charge in [-0.05, 0) is 19.8 Å². The predicted molar refractivity (Wildman–Crippen MR) is 73.6 cm³/mol. The van der Waals surface area contributed by atoms with Gasteiger partial charge in [0.15, 0.2) is 5.03 Å². The van der Waals surface area contributed by atoms with E-state index in [0.717, 1.165) is 12.8 Å². The van der Waals surface area contributed by atoms with Gasteiger partial charge in [0.1, 0.15) is 5.82 Å². The van der Waals surface area contributed by atoms with Crippen molar-refractivity contribution in [2.75, 3.05) is 13.1 Å². The van der Waals surface area contributed by atoms with Gasteiger partial charge in [-0.3, -0.25) is 4.79 Å². The molecule has 1 amide bonds. The summed E-state index contributed by atoms with van der Waals surface area (Å²) in [5.74, 6) is 0.421. The summed E-state index contributed by atoms with van der Waals surface area (Å²) in [5.41, 5.74) is 0. The molecular formula is C12H20N4O3S. The zero-order valence-electron chi connectivity index (χ0n) is 11.7. The third-order valence-corrected chi connectivity index (χ3v) is 4.80. The number of H-pyrrole nitrogens is 1. The Kier molecular flexibility index (Phi) is 4.44. The topological polar surface area (TPSA) is 95.2 Å². The van der Waals surface area contributed by atoms with E-state index in [2.05, 4.69) is 14.7 Å². The molecule has 0 radical (unpaired) electrons. The maximum Gasteiger partial charge on any atom is 0.258 e. The molecule has 2 N–H and O–H groups in total. The number of amides is 1. The second-order valence-electron chi connectivity index (χ2n) is 4.92. The summed E-state index contributed by atoms with van der Waals surface area (Å²) in [4.78, 5) is 20.5. The fourth-order valence-corrected chi connectivity index (χ4v) is 3.35. The highest BCUT2D eigenvalue weighted by molar-refractivity contribution is 7.89. The molecule has 112 valence electrons. The lowest BCUT2D eigenvalue weighted by atomic mass is 10.3. The number of nitrogens with zero attached hydrogens (tertiary/aromatic N) is 2. The third kappa shape index (κ3) is 3.18. The second kappa shape index (κ2) is 5.92. The number of likely N-dealkylation sites (tertiary alicyclic amines) is 1. The summed E-state index contributed by atoms with van der Waals surface area (Å²) in [6.45, 7) is 4.85. The Hall–Kier alpha value is -1.41. The van der Waals surface area contributed by atoms with E-state index >= 15 is 0 Å². The minimum Gasteiger partial charge on any atom is -0.341 e. The van der Waals surface area contributed by atoms with Crippen molar-refractivity contribution >= 4 is 15.9 Å². The number of imidazole rings is 1. The molecule has 1 aliphatic rings. The molecular weight excluding hydrogens is 280 g/mol. The van der Waals surface area contributed by atoms with E-state index < -0.39 is 16.1 Å². The quantitative estimate of drug-likeness (QED) is 0.815. The van der Waals surface area contributed by atoms with Gasteiger partial charge in [0.05, 0.1) is 12.2 Å². The molecule has 0 bridgehead atoms. The molecule has 0 spiro atoms. The average Bonchev–Trinajstić information content (AvgIpc) is 3.08.